The first-order valence-electron chi connectivity index (χ1n) is 9.86. The number of nitrogens with zero attached hydrogens (tertiary/aromatic N) is 5. The van der Waals surface area contributed by atoms with Crippen molar-refractivity contribution in [2.24, 2.45) is 5.92 Å². The molecule has 0 spiro atoms. The van der Waals surface area contributed by atoms with E-state index in [4.69, 9.17) is 0 Å². The van der Waals surface area contributed by atoms with Gasteiger partial charge in [-0.15, -0.1) is 0 Å². The third kappa shape index (κ3) is 5.74. The average Bonchev–Trinajstić information content (AvgIpc) is 3.30. The van der Waals surface area contributed by atoms with E-state index in [1.807, 2.05) is 31.2 Å². The van der Waals surface area contributed by atoms with Crippen molar-refractivity contribution in [2.45, 2.75) is 32.0 Å². The summed E-state index contributed by atoms with van der Waals surface area (Å²) < 4.78 is 42.5. The van der Waals surface area contributed by atoms with Crippen molar-refractivity contribution in [1.82, 2.24) is 24.6 Å². The molecule has 3 rings (SSSR count). The zero-order valence-electron chi connectivity index (χ0n) is 17.2. The number of aromatic nitrogens is 3. The van der Waals surface area contributed by atoms with Gasteiger partial charge in [-0.3, -0.25) is 4.79 Å². The van der Waals surface area contributed by atoms with Crippen molar-refractivity contribution >= 4 is 12.0 Å². The molecule has 1 fully saturated rings. The summed E-state index contributed by atoms with van der Waals surface area (Å²) in [5, 5.41) is 4.08. The van der Waals surface area contributed by atoms with Gasteiger partial charge in [-0.1, -0.05) is 12.1 Å². The lowest BCUT2D eigenvalue weighted by molar-refractivity contribution is -0.162. The maximum Gasteiger partial charge on any atom is 0.422 e. The van der Waals surface area contributed by atoms with Gasteiger partial charge in [-0.05, 0) is 37.5 Å². The monoisotopic (exact) mass is 439 g/mol. The molecule has 0 unspecified atom stereocenters. The number of amides is 2. The summed E-state index contributed by atoms with van der Waals surface area (Å²) in [5.74, 6) is -0.357. The number of halogens is 3. The van der Waals surface area contributed by atoms with E-state index in [9.17, 15) is 22.8 Å². The molecule has 0 radical (unpaired) electrons. The summed E-state index contributed by atoms with van der Waals surface area (Å²) in [6, 6.07) is 7.45. The van der Waals surface area contributed by atoms with Crippen LogP contribution >= 0.6 is 0 Å². The summed E-state index contributed by atoms with van der Waals surface area (Å²) in [4.78, 5) is 31.5. The number of ether oxygens (including phenoxy) is 1. The van der Waals surface area contributed by atoms with E-state index in [0.29, 0.717) is 12.8 Å². The van der Waals surface area contributed by atoms with Crippen LogP contribution in [0.3, 0.4) is 0 Å². The zero-order chi connectivity index (χ0) is 22.6. The van der Waals surface area contributed by atoms with Crippen LogP contribution in [0.15, 0.2) is 36.9 Å². The second-order valence-corrected chi connectivity index (χ2v) is 7.49. The summed E-state index contributed by atoms with van der Waals surface area (Å²) in [6.45, 7) is 0.677. The molecule has 11 heteroatoms. The van der Waals surface area contributed by atoms with E-state index < -0.39 is 18.9 Å². The molecule has 168 valence electrons. The number of alkyl halides is 3. The van der Waals surface area contributed by atoms with Crippen LogP contribution in [-0.4, -0.2) is 69.5 Å². The van der Waals surface area contributed by atoms with Crippen LogP contribution in [0, 0.1) is 5.92 Å². The molecule has 1 aliphatic heterocycles. The standard InChI is InChI=1S/C20H24F3N5O3/c1-14(15-3-5-17(6-4-15)28-13-24-12-25-28)26(2)18(29)16-7-9-27(10-8-16)19(30)31-11-20(21,22)23/h3-6,12-14,16H,7-11H2,1-2H3/t14-/m0/s1. The van der Waals surface area contributed by atoms with Crippen LogP contribution < -0.4 is 0 Å². The Morgan fingerprint density at radius 3 is 2.42 bits per heavy atom. The summed E-state index contributed by atoms with van der Waals surface area (Å²) >= 11 is 0. The molecule has 8 nitrogen and oxygen atoms in total. The quantitative estimate of drug-likeness (QED) is 0.715. The Balaban J connectivity index is 1.52. The fraction of sp³-hybridized carbons (Fsp3) is 0.500. The molecule has 0 bridgehead atoms. The summed E-state index contributed by atoms with van der Waals surface area (Å²) in [5.41, 5.74) is 1.81. The smallest absolute Gasteiger partial charge is 0.422 e. The zero-order valence-corrected chi connectivity index (χ0v) is 17.2. The first kappa shape index (κ1) is 22.6. The van der Waals surface area contributed by atoms with Crippen molar-refractivity contribution in [1.29, 1.82) is 0 Å². The summed E-state index contributed by atoms with van der Waals surface area (Å²) in [7, 11) is 1.72. The molecule has 1 aromatic carbocycles. The molecule has 1 aromatic heterocycles. The molecule has 2 heterocycles. The van der Waals surface area contributed by atoms with Gasteiger partial charge in [0.15, 0.2) is 6.61 Å². The van der Waals surface area contributed by atoms with Crippen LogP contribution in [0.25, 0.3) is 5.69 Å². The lowest BCUT2D eigenvalue weighted by Gasteiger charge is -2.34. The van der Waals surface area contributed by atoms with Crippen molar-refractivity contribution in [3.8, 4) is 5.69 Å². The number of piperidine rings is 1. The van der Waals surface area contributed by atoms with E-state index in [0.717, 1.165) is 11.3 Å². The second kappa shape index (κ2) is 9.36. The Morgan fingerprint density at radius 1 is 1.23 bits per heavy atom. The number of hydrogen-bond acceptors (Lipinski definition) is 5. The highest BCUT2D eigenvalue weighted by Gasteiger charge is 2.34. The third-order valence-corrected chi connectivity index (χ3v) is 5.45. The minimum atomic E-state index is -4.56. The first-order valence-corrected chi connectivity index (χ1v) is 9.86. The Hall–Kier alpha value is -3.11. The van der Waals surface area contributed by atoms with Gasteiger partial charge in [-0.25, -0.2) is 14.5 Å². The van der Waals surface area contributed by atoms with E-state index in [-0.39, 0.29) is 31.0 Å². The molecule has 2 aromatic rings. The van der Waals surface area contributed by atoms with Crippen LogP contribution in [0.2, 0.25) is 0 Å². The predicted molar refractivity (Wildman–Crippen MR) is 104 cm³/mol. The molecule has 2 amide bonds. The Morgan fingerprint density at radius 2 is 1.87 bits per heavy atom. The van der Waals surface area contributed by atoms with Crippen molar-refractivity contribution in [2.75, 3.05) is 26.7 Å². The van der Waals surface area contributed by atoms with Crippen LogP contribution in [0.5, 0.6) is 0 Å². The number of hydrogen-bond donors (Lipinski definition) is 0. The van der Waals surface area contributed by atoms with E-state index in [1.165, 1.54) is 11.2 Å². The molecule has 1 aliphatic rings. The minimum Gasteiger partial charge on any atom is -0.440 e. The minimum absolute atomic E-state index is 0.0591. The van der Waals surface area contributed by atoms with Crippen molar-refractivity contribution in [3.05, 3.63) is 42.5 Å². The topological polar surface area (TPSA) is 80.6 Å². The summed E-state index contributed by atoms with van der Waals surface area (Å²) in [6.07, 6.45) is -1.76. The fourth-order valence-electron chi connectivity index (χ4n) is 3.49. The largest absolute Gasteiger partial charge is 0.440 e. The normalized spacial score (nSPS) is 16.1. The van der Waals surface area contributed by atoms with Gasteiger partial charge in [0.1, 0.15) is 12.7 Å². The maximum absolute atomic E-state index is 12.9. The van der Waals surface area contributed by atoms with Gasteiger partial charge in [0.05, 0.1) is 11.7 Å². The second-order valence-electron chi connectivity index (χ2n) is 7.49. The number of benzene rings is 1. The van der Waals surface area contributed by atoms with Gasteiger partial charge in [0.2, 0.25) is 5.91 Å². The molecule has 0 saturated carbocycles. The lowest BCUT2D eigenvalue weighted by Crippen LogP contribution is -2.44. The van der Waals surface area contributed by atoms with Gasteiger partial charge in [0, 0.05) is 26.1 Å². The number of likely N-dealkylation sites (tertiary alicyclic amines) is 1. The number of carbonyl (C=O) groups excluding carboxylic acids is 2. The highest BCUT2D eigenvalue weighted by Crippen LogP contribution is 2.26. The SMILES string of the molecule is C[C@@H](c1ccc(-n2cncn2)cc1)N(C)C(=O)C1CCN(C(=O)OCC(F)(F)F)CC1. The molecule has 0 N–H and O–H groups in total. The lowest BCUT2D eigenvalue weighted by atomic mass is 9.94. The third-order valence-electron chi connectivity index (χ3n) is 5.45. The van der Waals surface area contributed by atoms with Crippen LogP contribution in [0.4, 0.5) is 18.0 Å². The Kier molecular flexibility index (Phi) is 6.81. The van der Waals surface area contributed by atoms with Crippen molar-refractivity contribution in [3.63, 3.8) is 0 Å². The van der Waals surface area contributed by atoms with Crippen LogP contribution in [-0.2, 0) is 9.53 Å². The maximum atomic E-state index is 12.9. The van der Waals surface area contributed by atoms with E-state index in [2.05, 4.69) is 14.8 Å². The Bertz CT molecular complexity index is 878. The van der Waals surface area contributed by atoms with E-state index in [1.54, 1.807) is 23.0 Å². The molecule has 1 saturated heterocycles. The number of carbonyl (C=O) groups is 2. The number of rotatable bonds is 5. The molecule has 31 heavy (non-hydrogen) atoms. The molecule has 0 aliphatic carbocycles. The molecular weight excluding hydrogens is 415 g/mol. The highest BCUT2D eigenvalue weighted by molar-refractivity contribution is 5.79. The first-order chi connectivity index (χ1) is 14.7. The van der Waals surface area contributed by atoms with Crippen molar-refractivity contribution < 1.29 is 27.5 Å². The predicted octanol–water partition coefficient (Wildman–Crippen LogP) is 3.20. The van der Waals surface area contributed by atoms with Gasteiger partial charge in [-0.2, -0.15) is 18.3 Å². The molecule has 1 atom stereocenters. The van der Waals surface area contributed by atoms with Gasteiger partial charge in [0.25, 0.3) is 0 Å². The van der Waals surface area contributed by atoms with Gasteiger partial charge >= 0.3 is 12.3 Å². The fourth-order valence-corrected chi connectivity index (χ4v) is 3.49. The van der Waals surface area contributed by atoms with Gasteiger partial charge < -0.3 is 14.5 Å². The van der Waals surface area contributed by atoms with E-state index >= 15 is 0 Å². The van der Waals surface area contributed by atoms with Crippen LogP contribution in [0.1, 0.15) is 31.4 Å². The molecular formula is C20H24F3N5O3. The average molecular weight is 439 g/mol. The Labute approximate surface area is 177 Å². The highest BCUT2D eigenvalue weighted by atomic mass is 19.4.